The van der Waals surface area contributed by atoms with Crippen molar-refractivity contribution in [2.24, 2.45) is 12.8 Å². The molecule has 1 amide bonds. The molecule has 2 aromatic rings. The van der Waals surface area contributed by atoms with Crippen LogP contribution in [0.25, 0.3) is 0 Å². The van der Waals surface area contributed by atoms with E-state index >= 15 is 0 Å². The van der Waals surface area contributed by atoms with Crippen molar-refractivity contribution in [1.29, 1.82) is 0 Å². The largest absolute Gasteiger partial charge is 0.346 e. The molecule has 0 aliphatic heterocycles. The molecule has 0 radical (unpaired) electrons. The van der Waals surface area contributed by atoms with Crippen LogP contribution in [-0.2, 0) is 13.6 Å². The number of nitrogens with one attached hydrogen (secondary N) is 1. The van der Waals surface area contributed by atoms with Crippen molar-refractivity contribution >= 4 is 17.2 Å². The Labute approximate surface area is 121 Å². The Morgan fingerprint density at radius 2 is 2.40 bits per heavy atom. The molecule has 5 nitrogen and oxygen atoms in total. The van der Waals surface area contributed by atoms with E-state index in [1.807, 2.05) is 18.4 Å². The fraction of sp³-hybridized carbons (Fsp3) is 0.286. The van der Waals surface area contributed by atoms with Crippen LogP contribution in [0.4, 0.5) is 0 Å². The molecule has 0 saturated heterocycles. The predicted octanol–water partition coefficient (Wildman–Crippen LogP) is 1.03. The van der Waals surface area contributed by atoms with Gasteiger partial charge in [-0.2, -0.15) is 5.10 Å². The normalized spacial score (nSPS) is 9.95. The lowest BCUT2D eigenvalue weighted by Crippen LogP contribution is -2.25. The molecule has 0 atom stereocenters. The SMILES string of the molecule is Cc1cc(C(=O)NCc2sccc2C#CCN)n(C)n1. The third kappa shape index (κ3) is 3.26. The maximum absolute atomic E-state index is 12.1. The molecule has 0 bridgehead atoms. The van der Waals surface area contributed by atoms with Gasteiger partial charge in [-0.05, 0) is 24.4 Å². The summed E-state index contributed by atoms with van der Waals surface area (Å²) in [7, 11) is 1.76. The van der Waals surface area contributed by atoms with E-state index in [9.17, 15) is 4.79 Å². The van der Waals surface area contributed by atoms with Crippen LogP contribution in [0.15, 0.2) is 17.5 Å². The Kier molecular flexibility index (Phi) is 4.56. The monoisotopic (exact) mass is 288 g/mol. The molecule has 0 saturated carbocycles. The Bertz CT molecular complexity index is 675. The molecule has 2 aromatic heterocycles. The van der Waals surface area contributed by atoms with E-state index in [0.29, 0.717) is 18.8 Å². The third-order valence-electron chi connectivity index (χ3n) is 2.71. The van der Waals surface area contributed by atoms with Crippen LogP contribution in [0.2, 0.25) is 0 Å². The lowest BCUT2D eigenvalue weighted by Gasteiger charge is -2.04. The molecule has 0 aliphatic carbocycles. The first-order valence-electron chi connectivity index (χ1n) is 6.16. The summed E-state index contributed by atoms with van der Waals surface area (Å²) in [4.78, 5) is 13.1. The van der Waals surface area contributed by atoms with Gasteiger partial charge in [0, 0.05) is 17.5 Å². The van der Waals surface area contributed by atoms with Crippen molar-refractivity contribution in [3.05, 3.63) is 39.3 Å². The van der Waals surface area contributed by atoms with Crippen molar-refractivity contribution in [2.45, 2.75) is 13.5 Å². The first kappa shape index (κ1) is 14.3. The number of aryl methyl sites for hydroxylation is 2. The van der Waals surface area contributed by atoms with Crippen molar-refractivity contribution < 1.29 is 4.79 Å². The van der Waals surface area contributed by atoms with Gasteiger partial charge in [0.1, 0.15) is 5.69 Å². The van der Waals surface area contributed by atoms with Crippen molar-refractivity contribution in [3.8, 4) is 11.8 Å². The van der Waals surface area contributed by atoms with Crippen molar-refractivity contribution in [3.63, 3.8) is 0 Å². The number of carbonyl (C=O) groups is 1. The second-order valence-corrected chi connectivity index (χ2v) is 5.24. The average molecular weight is 288 g/mol. The van der Waals surface area contributed by atoms with Gasteiger partial charge in [-0.25, -0.2) is 0 Å². The number of hydrogen-bond donors (Lipinski definition) is 2. The third-order valence-corrected chi connectivity index (χ3v) is 3.64. The first-order valence-corrected chi connectivity index (χ1v) is 7.04. The maximum atomic E-state index is 12.1. The lowest BCUT2D eigenvalue weighted by molar-refractivity contribution is 0.0942. The number of nitrogens with two attached hydrogens (primary N) is 1. The van der Waals surface area contributed by atoms with E-state index in [2.05, 4.69) is 22.3 Å². The minimum atomic E-state index is -0.140. The van der Waals surface area contributed by atoms with Gasteiger partial charge in [-0.3, -0.25) is 9.48 Å². The van der Waals surface area contributed by atoms with E-state index in [0.717, 1.165) is 16.1 Å². The Balaban J connectivity index is 2.04. The van der Waals surface area contributed by atoms with E-state index in [1.165, 1.54) is 0 Å². The summed E-state index contributed by atoms with van der Waals surface area (Å²) >= 11 is 1.57. The van der Waals surface area contributed by atoms with Gasteiger partial charge in [0.05, 0.1) is 18.8 Å². The number of aromatic nitrogens is 2. The highest BCUT2D eigenvalue weighted by Crippen LogP contribution is 2.15. The number of carbonyl (C=O) groups excluding carboxylic acids is 1. The zero-order valence-electron chi connectivity index (χ0n) is 11.4. The molecule has 3 N–H and O–H groups in total. The Morgan fingerprint density at radius 1 is 1.60 bits per heavy atom. The molecule has 0 spiro atoms. The smallest absolute Gasteiger partial charge is 0.269 e. The zero-order chi connectivity index (χ0) is 14.5. The molecule has 0 aromatic carbocycles. The van der Waals surface area contributed by atoms with Crippen LogP contribution in [0.5, 0.6) is 0 Å². The van der Waals surface area contributed by atoms with Gasteiger partial charge in [0.25, 0.3) is 5.91 Å². The molecule has 0 fully saturated rings. The van der Waals surface area contributed by atoms with Crippen LogP contribution in [0, 0.1) is 18.8 Å². The van der Waals surface area contributed by atoms with E-state index in [-0.39, 0.29) is 5.91 Å². The first-order chi connectivity index (χ1) is 9.61. The van der Waals surface area contributed by atoms with Crippen molar-refractivity contribution in [1.82, 2.24) is 15.1 Å². The highest BCUT2D eigenvalue weighted by molar-refractivity contribution is 7.10. The summed E-state index contributed by atoms with van der Waals surface area (Å²) in [5, 5.41) is 9.00. The zero-order valence-corrected chi connectivity index (χ0v) is 12.3. The number of rotatable bonds is 3. The molecule has 6 heteroatoms. The highest BCUT2D eigenvalue weighted by Gasteiger charge is 2.12. The number of amides is 1. The van der Waals surface area contributed by atoms with Crippen LogP contribution in [0.1, 0.15) is 26.6 Å². The fourth-order valence-corrected chi connectivity index (χ4v) is 2.58. The number of hydrogen-bond acceptors (Lipinski definition) is 4. The molecular formula is C14H16N4OS. The topological polar surface area (TPSA) is 72.9 Å². The van der Waals surface area contributed by atoms with Crippen LogP contribution < -0.4 is 11.1 Å². The summed E-state index contributed by atoms with van der Waals surface area (Å²) in [5.74, 6) is 5.68. The summed E-state index contributed by atoms with van der Waals surface area (Å²) < 4.78 is 1.58. The van der Waals surface area contributed by atoms with Gasteiger partial charge >= 0.3 is 0 Å². The molecule has 2 rings (SSSR count). The summed E-state index contributed by atoms with van der Waals surface area (Å²) in [6.45, 7) is 2.64. The Morgan fingerprint density at radius 3 is 3.05 bits per heavy atom. The minimum Gasteiger partial charge on any atom is -0.346 e. The van der Waals surface area contributed by atoms with Crippen LogP contribution in [-0.4, -0.2) is 22.2 Å². The van der Waals surface area contributed by atoms with Gasteiger partial charge in [-0.15, -0.1) is 11.3 Å². The minimum absolute atomic E-state index is 0.140. The van der Waals surface area contributed by atoms with Crippen molar-refractivity contribution in [2.75, 3.05) is 6.54 Å². The maximum Gasteiger partial charge on any atom is 0.269 e. The van der Waals surface area contributed by atoms with Crippen LogP contribution >= 0.6 is 11.3 Å². The molecule has 104 valence electrons. The summed E-state index contributed by atoms with van der Waals surface area (Å²) in [6, 6.07) is 3.70. The number of thiophene rings is 1. The summed E-state index contributed by atoms with van der Waals surface area (Å²) in [5.41, 5.74) is 7.65. The second kappa shape index (κ2) is 6.37. The second-order valence-electron chi connectivity index (χ2n) is 4.24. The lowest BCUT2D eigenvalue weighted by atomic mass is 10.2. The molecule has 0 unspecified atom stereocenters. The van der Waals surface area contributed by atoms with Gasteiger partial charge in [0.15, 0.2) is 0 Å². The van der Waals surface area contributed by atoms with Crippen LogP contribution in [0.3, 0.4) is 0 Å². The fourth-order valence-electron chi connectivity index (χ4n) is 1.81. The Hall–Kier alpha value is -2.10. The summed E-state index contributed by atoms with van der Waals surface area (Å²) in [6.07, 6.45) is 0. The number of nitrogens with zero attached hydrogens (tertiary/aromatic N) is 2. The van der Waals surface area contributed by atoms with E-state index in [1.54, 1.807) is 29.1 Å². The van der Waals surface area contributed by atoms with E-state index < -0.39 is 0 Å². The van der Waals surface area contributed by atoms with Gasteiger partial charge < -0.3 is 11.1 Å². The van der Waals surface area contributed by atoms with Gasteiger partial charge in [-0.1, -0.05) is 11.8 Å². The average Bonchev–Trinajstić information content (AvgIpc) is 2.99. The predicted molar refractivity (Wildman–Crippen MR) is 79.4 cm³/mol. The van der Waals surface area contributed by atoms with Gasteiger partial charge in [0.2, 0.25) is 0 Å². The molecule has 0 aliphatic rings. The quantitative estimate of drug-likeness (QED) is 0.829. The standard InChI is InChI=1S/C14H16N4OS/c1-10-8-12(18(2)17-10)14(19)16-9-13-11(4-3-6-15)5-7-20-13/h5,7-8H,6,9,15H2,1-2H3,(H,16,19). The van der Waals surface area contributed by atoms with E-state index in [4.69, 9.17) is 5.73 Å². The highest BCUT2D eigenvalue weighted by atomic mass is 32.1. The molecule has 20 heavy (non-hydrogen) atoms. The molecule has 2 heterocycles. The molecular weight excluding hydrogens is 272 g/mol.